The molecule has 0 aliphatic heterocycles. The van der Waals surface area contributed by atoms with Crippen LogP contribution < -0.4 is 0 Å². The molecule has 72 valence electrons. The van der Waals surface area contributed by atoms with Gasteiger partial charge >= 0.3 is 0 Å². The van der Waals surface area contributed by atoms with Crippen molar-refractivity contribution in [1.29, 1.82) is 0 Å². The molecule has 2 aromatic rings. The smallest absolute Gasteiger partial charge is 0.223 e. The van der Waals surface area contributed by atoms with E-state index in [-0.39, 0.29) is 0 Å². The van der Waals surface area contributed by atoms with Crippen molar-refractivity contribution in [2.24, 2.45) is 0 Å². The first-order valence-electron chi connectivity index (χ1n) is 4.24. The van der Waals surface area contributed by atoms with Gasteiger partial charge in [-0.15, -0.1) is 0 Å². The van der Waals surface area contributed by atoms with Crippen molar-refractivity contribution < 1.29 is 4.52 Å². The van der Waals surface area contributed by atoms with Crippen molar-refractivity contribution in [3.8, 4) is 11.4 Å². The third-order valence-electron chi connectivity index (χ3n) is 2.04. The van der Waals surface area contributed by atoms with Gasteiger partial charge in [0, 0.05) is 17.0 Å². The number of rotatable bonds is 1. The number of hydrogen-bond acceptors (Lipinski definition) is 3. The lowest BCUT2D eigenvalue weighted by Crippen LogP contribution is -1.86. The van der Waals surface area contributed by atoms with Gasteiger partial charge in [-0.1, -0.05) is 33.2 Å². The molecule has 0 spiro atoms. The molecule has 0 saturated heterocycles. The number of aromatic nitrogens is 2. The minimum absolute atomic E-state index is 0.583. The van der Waals surface area contributed by atoms with E-state index in [1.165, 1.54) is 0 Å². The Morgan fingerprint density at radius 2 is 2.07 bits per heavy atom. The summed E-state index contributed by atoms with van der Waals surface area (Å²) in [7, 11) is 0. The Bertz CT molecular complexity index is 465. The van der Waals surface area contributed by atoms with E-state index in [0.717, 1.165) is 15.6 Å². The van der Waals surface area contributed by atoms with E-state index in [0.29, 0.717) is 11.7 Å². The fourth-order valence-corrected chi connectivity index (χ4v) is 1.62. The third kappa shape index (κ3) is 1.57. The second-order valence-corrected chi connectivity index (χ2v) is 3.90. The Balaban J connectivity index is 2.57. The first kappa shape index (κ1) is 9.40. The summed E-state index contributed by atoms with van der Waals surface area (Å²) in [6.07, 6.45) is 0. The lowest BCUT2D eigenvalue weighted by atomic mass is 10.1. The molecule has 0 aliphatic rings. The van der Waals surface area contributed by atoms with Gasteiger partial charge in [-0.25, -0.2) is 0 Å². The molecule has 0 saturated carbocycles. The van der Waals surface area contributed by atoms with Gasteiger partial charge in [0.15, 0.2) is 0 Å². The summed E-state index contributed by atoms with van der Waals surface area (Å²) in [6, 6.07) is 5.92. The normalized spacial score (nSPS) is 10.5. The summed E-state index contributed by atoms with van der Waals surface area (Å²) in [4.78, 5) is 4.18. The Morgan fingerprint density at radius 1 is 1.29 bits per heavy atom. The predicted molar refractivity (Wildman–Crippen MR) is 56.9 cm³/mol. The fourth-order valence-electron chi connectivity index (χ4n) is 1.26. The minimum atomic E-state index is 0.583. The molecule has 14 heavy (non-hydrogen) atoms. The molecule has 0 radical (unpaired) electrons. The number of hydrogen-bond donors (Lipinski definition) is 0. The number of aryl methyl sites for hydroxylation is 1. The maximum Gasteiger partial charge on any atom is 0.223 e. The van der Waals surface area contributed by atoms with Gasteiger partial charge in [0.2, 0.25) is 11.7 Å². The van der Waals surface area contributed by atoms with Crippen LogP contribution in [-0.2, 0) is 0 Å². The van der Waals surface area contributed by atoms with E-state index in [2.05, 4.69) is 26.1 Å². The van der Waals surface area contributed by atoms with Crippen molar-refractivity contribution in [1.82, 2.24) is 10.1 Å². The molecule has 1 aromatic heterocycles. The lowest BCUT2D eigenvalue weighted by Gasteiger charge is -2.01. The van der Waals surface area contributed by atoms with Crippen molar-refractivity contribution in [3.63, 3.8) is 0 Å². The van der Waals surface area contributed by atoms with Crippen LogP contribution in [0.5, 0.6) is 0 Å². The minimum Gasteiger partial charge on any atom is -0.339 e. The van der Waals surface area contributed by atoms with E-state index >= 15 is 0 Å². The van der Waals surface area contributed by atoms with Gasteiger partial charge in [-0.3, -0.25) is 0 Å². The number of halogens is 1. The second kappa shape index (κ2) is 3.53. The maximum atomic E-state index is 4.94. The summed E-state index contributed by atoms with van der Waals surface area (Å²) < 4.78 is 5.99. The zero-order chi connectivity index (χ0) is 10.1. The first-order valence-corrected chi connectivity index (χ1v) is 5.03. The molecule has 2 rings (SSSR count). The highest BCUT2D eigenvalue weighted by Crippen LogP contribution is 2.26. The van der Waals surface area contributed by atoms with Crippen LogP contribution in [-0.4, -0.2) is 10.1 Å². The van der Waals surface area contributed by atoms with Crippen molar-refractivity contribution in [2.75, 3.05) is 0 Å². The SMILES string of the molecule is Cc1nc(-c2cccc(Br)c2C)no1. The van der Waals surface area contributed by atoms with Crippen LogP contribution in [0.4, 0.5) is 0 Å². The largest absolute Gasteiger partial charge is 0.339 e. The van der Waals surface area contributed by atoms with Crippen molar-refractivity contribution >= 4 is 15.9 Å². The van der Waals surface area contributed by atoms with E-state index < -0.39 is 0 Å². The fraction of sp³-hybridized carbons (Fsp3) is 0.200. The van der Waals surface area contributed by atoms with Crippen LogP contribution in [0.2, 0.25) is 0 Å². The lowest BCUT2D eigenvalue weighted by molar-refractivity contribution is 0.394. The Hall–Kier alpha value is -1.16. The molecule has 0 bridgehead atoms. The van der Waals surface area contributed by atoms with Gasteiger partial charge in [-0.2, -0.15) is 4.98 Å². The van der Waals surface area contributed by atoms with E-state index in [9.17, 15) is 0 Å². The van der Waals surface area contributed by atoms with E-state index in [1.807, 2.05) is 25.1 Å². The summed E-state index contributed by atoms with van der Waals surface area (Å²) in [5.41, 5.74) is 2.12. The molecule has 1 heterocycles. The zero-order valence-electron chi connectivity index (χ0n) is 7.91. The Morgan fingerprint density at radius 3 is 2.71 bits per heavy atom. The van der Waals surface area contributed by atoms with Crippen molar-refractivity contribution in [2.45, 2.75) is 13.8 Å². The van der Waals surface area contributed by atoms with E-state index in [1.54, 1.807) is 6.92 Å². The van der Waals surface area contributed by atoms with Crippen LogP contribution in [0.3, 0.4) is 0 Å². The molecule has 0 fully saturated rings. The standard InChI is InChI=1S/C10H9BrN2O/c1-6-8(4-3-5-9(6)11)10-12-7(2)14-13-10/h3-5H,1-2H3. The van der Waals surface area contributed by atoms with Gasteiger partial charge < -0.3 is 4.52 Å². The topological polar surface area (TPSA) is 38.9 Å². The zero-order valence-corrected chi connectivity index (χ0v) is 9.50. The highest BCUT2D eigenvalue weighted by molar-refractivity contribution is 9.10. The molecular weight excluding hydrogens is 244 g/mol. The van der Waals surface area contributed by atoms with Gasteiger partial charge in [0.1, 0.15) is 0 Å². The summed E-state index contributed by atoms with van der Waals surface area (Å²) in [5.74, 6) is 1.22. The third-order valence-corrected chi connectivity index (χ3v) is 2.90. The Kier molecular flexibility index (Phi) is 2.37. The van der Waals surface area contributed by atoms with Crippen LogP contribution in [0, 0.1) is 13.8 Å². The average molecular weight is 253 g/mol. The molecule has 3 nitrogen and oxygen atoms in total. The first-order chi connectivity index (χ1) is 6.68. The van der Waals surface area contributed by atoms with Crippen molar-refractivity contribution in [3.05, 3.63) is 34.1 Å². The monoisotopic (exact) mass is 252 g/mol. The number of nitrogens with zero attached hydrogens (tertiary/aromatic N) is 2. The average Bonchev–Trinajstić information content (AvgIpc) is 2.57. The number of benzene rings is 1. The van der Waals surface area contributed by atoms with Crippen LogP contribution >= 0.6 is 15.9 Å². The van der Waals surface area contributed by atoms with Crippen LogP contribution in [0.1, 0.15) is 11.5 Å². The molecule has 4 heteroatoms. The second-order valence-electron chi connectivity index (χ2n) is 3.05. The summed E-state index contributed by atoms with van der Waals surface area (Å²) in [5, 5.41) is 3.88. The quantitative estimate of drug-likeness (QED) is 0.783. The van der Waals surface area contributed by atoms with Gasteiger partial charge in [0.25, 0.3) is 0 Å². The molecular formula is C10H9BrN2O. The maximum absolute atomic E-state index is 4.94. The van der Waals surface area contributed by atoms with Crippen LogP contribution in [0.25, 0.3) is 11.4 Å². The highest BCUT2D eigenvalue weighted by Gasteiger charge is 2.09. The van der Waals surface area contributed by atoms with Gasteiger partial charge in [0.05, 0.1) is 0 Å². The predicted octanol–water partition coefficient (Wildman–Crippen LogP) is 3.12. The summed E-state index contributed by atoms with van der Waals surface area (Å²) >= 11 is 3.46. The van der Waals surface area contributed by atoms with Crippen LogP contribution in [0.15, 0.2) is 27.2 Å². The molecule has 1 aromatic carbocycles. The molecule has 0 unspecified atom stereocenters. The Labute approximate surface area is 90.3 Å². The molecule has 0 N–H and O–H groups in total. The molecule has 0 aliphatic carbocycles. The molecule has 0 atom stereocenters. The summed E-state index contributed by atoms with van der Waals surface area (Å²) in [6.45, 7) is 3.80. The molecule has 0 amide bonds. The van der Waals surface area contributed by atoms with Gasteiger partial charge in [-0.05, 0) is 18.6 Å². The highest BCUT2D eigenvalue weighted by atomic mass is 79.9. The van der Waals surface area contributed by atoms with E-state index in [4.69, 9.17) is 4.52 Å².